The zero-order valence-corrected chi connectivity index (χ0v) is 20.2. The van der Waals surface area contributed by atoms with E-state index in [1.165, 1.54) is 25.0 Å². The molecule has 3 aromatic rings. The monoisotopic (exact) mass is 498 g/mol. The fraction of sp³-hybridized carbons (Fsp3) is 0.240. The van der Waals surface area contributed by atoms with Gasteiger partial charge in [0.25, 0.3) is 5.91 Å². The van der Waals surface area contributed by atoms with Gasteiger partial charge in [-0.3, -0.25) is 4.79 Å². The average molecular weight is 499 g/mol. The van der Waals surface area contributed by atoms with E-state index in [1.54, 1.807) is 24.4 Å². The highest BCUT2D eigenvalue weighted by Gasteiger charge is 2.26. The van der Waals surface area contributed by atoms with Crippen LogP contribution >= 0.6 is 0 Å². The van der Waals surface area contributed by atoms with Crippen molar-refractivity contribution in [1.29, 1.82) is 0 Å². The van der Waals surface area contributed by atoms with Gasteiger partial charge in [0, 0.05) is 35.7 Å². The summed E-state index contributed by atoms with van der Waals surface area (Å²) in [6.07, 6.45) is 2.48. The quantitative estimate of drug-likeness (QED) is 0.508. The fourth-order valence-electron chi connectivity index (χ4n) is 3.89. The smallest absolute Gasteiger partial charge is 0.356 e. The molecule has 0 spiro atoms. The molecule has 0 saturated heterocycles. The third-order valence-corrected chi connectivity index (χ3v) is 6.91. The molecule has 4 rings (SSSR count). The number of ether oxygens (including phenoxy) is 2. The van der Waals surface area contributed by atoms with E-state index in [4.69, 9.17) is 4.74 Å². The van der Waals surface area contributed by atoms with Crippen LogP contribution in [0.15, 0.2) is 53.6 Å². The molecule has 2 heterocycles. The lowest BCUT2D eigenvalue weighted by Gasteiger charge is -2.21. The molecule has 0 unspecified atom stereocenters. The van der Waals surface area contributed by atoms with E-state index in [-0.39, 0.29) is 36.5 Å². The first-order valence-corrected chi connectivity index (χ1v) is 12.6. The minimum atomic E-state index is -3.76. The van der Waals surface area contributed by atoms with E-state index >= 15 is 0 Å². The minimum absolute atomic E-state index is 0.0196. The standard InChI is InChI=1S/C25H23FN2O6S/c1-15-19(6-9-22(23(15)26)35(3,31)32)24(29)28-10-11-34-21-8-5-16(12-18(21)14-28)17-4-7-20(27-13-17)25(30)33-2/h4-9,12-13H,10-11,14H2,1-3H3. The maximum atomic E-state index is 14.7. The molecule has 0 radical (unpaired) electrons. The van der Waals surface area contributed by atoms with Crippen molar-refractivity contribution in [1.82, 2.24) is 9.88 Å². The second kappa shape index (κ2) is 9.46. The molecule has 0 atom stereocenters. The molecule has 0 aliphatic carbocycles. The third-order valence-electron chi connectivity index (χ3n) is 5.80. The first-order chi connectivity index (χ1) is 16.6. The summed E-state index contributed by atoms with van der Waals surface area (Å²) in [6.45, 7) is 2.12. The molecule has 1 aliphatic heterocycles. The van der Waals surface area contributed by atoms with Gasteiger partial charge in [-0.1, -0.05) is 12.1 Å². The van der Waals surface area contributed by atoms with Crippen LogP contribution in [0.4, 0.5) is 4.39 Å². The van der Waals surface area contributed by atoms with Crippen LogP contribution in [0.25, 0.3) is 11.1 Å². The molecular weight excluding hydrogens is 475 g/mol. The Morgan fingerprint density at radius 3 is 2.51 bits per heavy atom. The molecule has 0 fully saturated rings. The Morgan fingerprint density at radius 2 is 1.86 bits per heavy atom. The lowest BCUT2D eigenvalue weighted by Crippen LogP contribution is -2.33. The predicted octanol–water partition coefficient (Wildman–Crippen LogP) is 3.42. The molecular formula is C25H23FN2O6S. The zero-order valence-electron chi connectivity index (χ0n) is 19.4. The van der Waals surface area contributed by atoms with Gasteiger partial charge in [-0.15, -0.1) is 0 Å². The summed E-state index contributed by atoms with van der Waals surface area (Å²) >= 11 is 0. The molecule has 0 bridgehead atoms. The van der Waals surface area contributed by atoms with E-state index in [2.05, 4.69) is 9.72 Å². The normalized spacial score (nSPS) is 13.4. The van der Waals surface area contributed by atoms with Crippen LogP contribution in [0, 0.1) is 12.7 Å². The van der Waals surface area contributed by atoms with Gasteiger partial charge in [0.2, 0.25) is 0 Å². The number of hydrogen-bond acceptors (Lipinski definition) is 7. The number of nitrogens with zero attached hydrogens (tertiary/aromatic N) is 2. The van der Waals surface area contributed by atoms with Crippen LogP contribution in [-0.2, 0) is 21.1 Å². The van der Waals surface area contributed by atoms with Gasteiger partial charge in [0.1, 0.15) is 28.8 Å². The highest BCUT2D eigenvalue weighted by molar-refractivity contribution is 7.90. The van der Waals surface area contributed by atoms with E-state index < -0.39 is 32.4 Å². The first-order valence-electron chi connectivity index (χ1n) is 10.7. The number of rotatable bonds is 4. The van der Waals surface area contributed by atoms with Crippen LogP contribution in [0.3, 0.4) is 0 Å². The highest BCUT2D eigenvalue weighted by atomic mass is 32.2. The number of fused-ring (bicyclic) bond motifs is 1. The summed E-state index contributed by atoms with van der Waals surface area (Å²) in [7, 11) is -2.47. The summed E-state index contributed by atoms with van der Waals surface area (Å²) < 4.78 is 48.8. The lowest BCUT2D eigenvalue weighted by molar-refractivity contribution is 0.0593. The maximum absolute atomic E-state index is 14.7. The molecule has 10 heteroatoms. The number of aromatic nitrogens is 1. The van der Waals surface area contributed by atoms with E-state index in [0.717, 1.165) is 29.0 Å². The predicted molar refractivity (Wildman–Crippen MR) is 125 cm³/mol. The van der Waals surface area contributed by atoms with Crippen LogP contribution < -0.4 is 4.74 Å². The summed E-state index contributed by atoms with van der Waals surface area (Å²) in [6, 6.07) is 11.3. The number of amides is 1. The SMILES string of the molecule is COC(=O)c1ccc(-c2ccc3c(c2)CN(C(=O)c2ccc(S(C)(=O)=O)c(F)c2C)CCO3)cn1. The summed E-state index contributed by atoms with van der Waals surface area (Å²) in [5, 5.41) is 0. The molecule has 1 aliphatic rings. The molecule has 35 heavy (non-hydrogen) atoms. The number of carbonyl (C=O) groups is 2. The molecule has 0 saturated carbocycles. The van der Waals surface area contributed by atoms with Crippen molar-refractivity contribution < 1.29 is 31.9 Å². The molecule has 8 nitrogen and oxygen atoms in total. The van der Waals surface area contributed by atoms with Gasteiger partial charge in [-0.05, 0) is 48.4 Å². The van der Waals surface area contributed by atoms with Crippen molar-refractivity contribution in [3.05, 3.63) is 76.9 Å². The fourth-order valence-corrected chi connectivity index (χ4v) is 4.68. The molecule has 1 amide bonds. The summed E-state index contributed by atoms with van der Waals surface area (Å²) in [5.41, 5.74) is 2.58. The van der Waals surface area contributed by atoms with Crippen molar-refractivity contribution in [3.63, 3.8) is 0 Å². The molecule has 182 valence electrons. The maximum Gasteiger partial charge on any atom is 0.356 e. The Bertz CT molecular complexity index is 1420. The second-order valence-corrected chi connectivity index (χ2v) is 10.1. The molecule has 1 aromatic heterocycles. The molecule has 0 N–H and O–H groups in total. The largest absolute Gasteiger partial charge is 0.491 e. The third kappa shape index (κ3) is 4.88. The van der Waals surface area contributed by atoms with Crippen molar-refractivity contribution >= 4 is 21.7 Å². The number of hydrogen-bond donors (Lipinski definition) is 0. The number of carbonyl (C=O) groups excluding carboxylic acids is 2. The van der Waals surface area contributed by atoms with Crippen LogP contribution in [0.5, 0.6) is 5.75 Å². The van der Waals surface area contributed by atoms with Crippen LogP contribution in [0.1, 0.15) is 32.0 Å². The van der Waals surface area contributed by atoms with Gasteiger partial charge in [-0.2, -0.15) is 0 Å². The minimum Gasteiger partial charge on any atom is -0.491 e. The van der Waals surface area contributed by atoms with Crippen molar-refractivity contribution in [3.8, 4) is 16.9 Å². The Kier molecular flexibility index (Phi) is 6.58. The van der Waals surface area contributed by atoms with Crippen LogP contribution in [-0.4, -0.2) is 56.7 Å². The van der Waals surface area contributed by atoms with Crippen molar-refractivity contribution in [2.75, 3.05) is 26.5 Å². The van der Waals surface area contributed by atoms with Gasteiger partial charge < -0.3 is 14.4 Å². The Hall–Kier alpha value is -3.79. The highest BCUT2D eigenvalue weighted by Crippen LogP contribution is 2.30. The van der Waals surface area contributed by atoms with Gasteiger partial charge in [0.05, 0.1) is 13.7 Å². The molecule has 2 aromatic carbocycles. The van der Waals surface area contributed by atoms with E-state index in [1.807, 2.05) is 12.1 Å². The second-order valence-electron chi connectivity index (χ2n) is 8.14. The number of methoxy groups -OCH3 is 1. The van der Waals surface area contributed by atoms with Crippen molar-refractivity contribution in [2.24, 2.45) is 0 Å². The van der Waals surface area contributed by atoms with Gasteiger partial charge in [-0.25, -0.2) is 22.6 Å². The number of esters is 1. The summed E-state index contributed by atoms with van der Waals surface area (Å²) in [4.78, 5) is 30.1. The summed E-state index contributed by atoms with van der Waals surface area (Å²) in [5.74, 6) is -1.25. The average Bonchev–Trinajstić information content (AvgIpc) is 3.06. The van der Waals surface area contributed by atoms with E-state index in [0.29, 0.717) is 5.75 Å². The zero-order chi connectivity index (χ0) is 25.3. The Balaban J connectivity index is 1.63. The Morgan fingerprint density at radius 1 is 1.11 bits per heavy atom. The van der Waals surface area contributed by atoms with Crippen molar-refractivity contribution in [2.45, 2.75) is 18.4 Å². The van der Waals surface area contributed by atoms with Gasteiger partial charge in [0.15, 0.2) is 9.84 Å². The van der Waals surface area contributed by atoms with Gasteiger partial charge >= 0.3 is 5.97 Å². The lowest BCUT2D eigenvalue weighted by atomic mass is 10.0. The number of sulfone groups is 1. The van der Waals surface area contributed by atoms with Crippen LogP contribution in [0.2, 0.25) is 0 Å². The number of halogens is 1. The van der Waals surface area contributed by atoms with E-state index in [9.17, 15) is 22.4 Å². The first kappa shape index (κ1) is 24.3. The number of pyridine rings is 1. The Labute approximate surface area is 202 Å². The number of benzene rings is 2. The topological polar surface area (TPSA) is 103 Å².